The average Bonchev–Trinajstić information content (AvgIpc) is 2.66. The van der Waals surface area contributed by atoms with E-state index < -0.39 is 12.1 Å². The van der Waals surface area contributed by atoms with Crippen LogP contribution in [0.25, 0.3) is 0 Å². The lowest BCUT2D eigenvalue weighted by molar-refractivity contribution is -0.192. The number of hydrogen-bond donors (Lipinski definition) is 2. The summed E-state index contributed by atoms with van der Waals surface area (Å²) < 4.78 is 36.9. The van der Waals surface area contributed by atoms with Crippen molar-refractivity contribution in [2.75, 3.05) is 33.3 Å². The van der Waals surface area contributed by atoms with Crippen molar-refractivity contribution in [3.63, 3.8) is 0 Å². The van der Waals surface area contributed by atoms with Crippen molar-refractivity contribution in [3.8, 4) is 0 Å². The van der Waals surface area contributed by atoms with Gasteiger partial charge in [-0.3, -0.25) is 4.90 Å². The van der Waals surface area contributed by atoms with E-state index in [1.54, 1.807) is 7.11 Å². The Bertz CT molecular complexity index is 236. The predicted octanol–water partition coefficient (Wildman–Crippen LogP) is 0.299. The van der Waals surface area contributed by atoms with Gasteiger partial charge in [0.1, 0.15) is 0 Å². The third-order valence-corrected chi connectivity index (χ3v) is 2.25. The molecule has 0 bridgehead atoms. The van der Waals surface area contributed by atoms with Crippen LogP contribution in [0.1, 0.15) is 6.42 Å². The van der Waals surface area contributed by atoms with E-state index in [0.717, 1.165) is 32.6 Å². The number of rotatable bonds is 3. The molecular formula is C9H17F3N2O3. The maximum absolute atomic E-state index is 10.6. The molecule has 0 saturated carbocycles. The van der Waals surface area contributed by atoms with Crippen molar-refractivity contribution in [2.45, 2.75) is 18.7 Å². The molecule has 0 spiro atoms. The minimum Gasteiger partial charge on any atom is -0.475 e. The lowest BCUT2D eigenvalue weighted by Gasteiger charge is -2.13. The fourth-order valence-electron chi connectivity index (χ4n) is 1.38. The largest absolute Gasteiger partial charge is 0.490 e. The quantitative estimate of drug-likeness (QED) is 0.761. The summed E-state index contributed by atoms with van der Waals surface area (Å²) in [5.41, 5.74) is 5.41. The lowest BCUT2D eigenvalue weighted by Crippen LogP contribution is -2.28. The molecule has 1 saturated heterocycles. The van der Waals surface area contributed by atoms with Crippen molar-refractivity contribution >= 4 is 5.97 Å². The molecule has 102 valence electrons. The van der Waals surface area contributed by atoms with Crippen LogP contribution in [0.4, 0.5) is 13.2 Å². The van der Waals surface area contributed by atoms with Crippen LogP contribution in [0.5, 0.6) is 0 Å². The molecule has 1 aliphatic rings. The second-order valence-corrected chi connectivity index (χ2v) is 3.54. The van der Waals surface area contributed by atoms with Crippen LogP contribution in [0.3, 0.4) is 0 Å². The molecule has 0 aromatic heterocycles. The van der Waals surface area contributed by atoms with E-state index in [9.17, 15) is 13.2 Å². The summed E-state index contributed by atoms with van der Waals surface area (Å²) in [6, 6.07) is 0. The number of methoxy groups -OCH3 is 1. The maximum Gasteiger partial charge on any atom is 0.490 e. The highest BCUT2D eigenvalue weighted by atomic mass is 19.4. The molecule has 0 radical (unpaired) electrons. The monoisotopic (exact) mass is 258 g/mol. The Morgan fingerprint density at radius 2 is 2.12 bits per heavy atom. The number of carboxylic acid groups (broad SMARTS) is 1. The molecule has 1 atom stereocenters. The Hall–Kier alpha value is -0.860. The Balaban J connectivity index is 0.000000325. The summed E-state index contributed by atoms with van der Waals surface area (Å²) in [6.45, 7) is 3.99. The van der Waals surface area contributed by atoms with Crippen molar-refractivity contribution in [1.29, 1.82) is 0 Å². The van der Waals surface area contributed by atoms with Gasteiger partial charge >= 0.3 is 12.1 Å². The third-order valence-electron chi connectivity index (χ3n) is 2.25. The standard InChI is InChI=1S/C7H16N2O.C2HF3O2/c1-10-7-2-4-9(6-7)5-3-8;3-2(4,5)1(6)7/h7H,2-6,8H2,1H3;(H,6,7)/t7-;/m0./s1. The predicted molar refractivity (Wildman–Crippen MR) is 54.6 cm³/mol. The first-order chi connectivity index (χ1) is 7.81. The molecule has 1 fully saturated rings. The van der Waals surface area contributed by atoms with Crippen LogP contribution in [0.15, 0.2) is 0 Å². The molecule has 0 amide bonds. The van der Waals surface area contributed by atoms with E-state index in [2.05, 4.69) is 4.90 Å². The van der Waals surface area contributed by atoms with Gasteiger partial charge in [0.05, 0.1) is 6.10 Å². The number of carbonyl (C=O) groups is 1. The van der Waals surface area contributed by atoms with Crippen LogP contribution in [0.2, 0.25) is 0 Å². The number of alkyl halides is 3. The van der Waals surface area contributed by atoms with Gasteiger partial charge in [-0.2, -0.15) is 13.2 Å². The highest BCUT2D eigenvalue weighted by Gasteiger charge is 2.38. The second-order valence-electron chi connectivity index (χ2n) is 3.54. The number of hydrogen-bond acceptors (Lipinski definition) is 4. The van der Waals surface area contributed by atoms with Gasteiger partial charge in [0.15, 0.2) is 0 Å². The first-order valence-electron chi connectivity index (χ1n) is 5.06. The number of nitrogens with zero attached hydrogens (tertiary/aromatic N) is 1. The van der Waals surface area contributed by atoms with Gasteiger partial charge in [-0.15, -0.1) is 0 Å². The van der Waals surface area contributed by atoms with Crippen molar-refractivity contribution < 1.29 is 27.8 Å². The van der Waals surface area contributed by atoms with E-state index in [1.165, 1.54) is 0 Å². The van der Waals surface area contributed by atoms with Gasteiger partial charge < -0.3 is 15.6 Å². The van der Waals surface area contributed by atoms with E-state index in [-0.39, 0.29) is 0 Å². The number of likely N-dealkylation sites (tertiary alicyclic amines) is 1. The average molecular weight is 258 g/mol. The van der Waals surface area contributed by atoms with E-state index in [1.807, 2.05) is 0 Å². The van der Waals surface area contributed by atoms with Gasteiger partial charge in [-0.25, -0.2) is 4.79 Å². The topological polar surface area (TPSA) is 75.8 Å². The second kappa shape index (κ2) is 7.46. The van der Waals surface area contributed by atoms with E-state index >= 15 is 0 Å². The highest BCUT2D eigenvalue weighted by Crippen LogP contribution is 2.13. The first kappa shape index (κ1) is 16.1. The lowest BCUT2D eigenvalue weighted by atomic mass is 10.3. The van der Waals surface area contributed by atoms with Crippen molar-refractivity contribution in [1.82, 2.24) is 4.90 Å². The number of ether oxygens (including phenoxy) is 1. The Kier molecular flexibility index (Phi) is 7.09. The molecule has 0 aromatic carbocycles. The number of aliphatic carboxylic acids is 1. The minimum atomic E-state index is -5.08. The van der Waals surface area contributed by atoms with Crippen LogP contribution in [0, 0.1) is 0 Å². The van der Waals surface area contributed by atoms with Crippen molar-refractivity contribution in [3.05, 3.63) is 0 Å². The summed E-state index contributed by atoms with van der Waals surface area (Å²) in [6.07, 6.45) is -3.47. The van der Waals surface area contributed by atoms with Gasteiger partial charge in [-0.1, -0.05) is 0 Å². The zero-order chi connectivity index (χ0) is 13.5. The molecule has 17 heavy (non-hydrogen) atoms. The molecule has 0 unspecified atom stereocenters. The van der Waals surface area contributed by atoms with E-state index in [0.29, 0.717) is 6.10 Å². The molecule has 3 N–H and O–H groups in total. The van der Waals surface area contributed by atoms with Crippen LogP contribution >= 0.6 is 0 Å². The fraction of sp³-hybridized carbons (Fsp3) is 0.889. The van der Waals surface area contributed by atoms with Crippen LogP contribution in [-0.2, 0) is 9.53 Å². The number of halogens is 3. The summed E-state index contributed by atoms with van der Waals surface area (Å²) in [5, 5.41) is 7.12. The summed E-state index contributed by atoms with van der Waals surface area (Å²) in [5.74, 6) is -2.76. The summed E-state index contributed by atoms with van der Waals surface area (Å²) in [4.78, 5) is 11.2. The smallest absolute Gasteiger partial charge is 0.475 e. The van der Waals surface area contributed by atoms with Crippen LogP contribution < -0.4 is 5.73 Å². The van der Waals surface area contributed by atoms with Gasteiger partial charge in [0, 0.05) is 33.3 Å². The first-order valence-corrected chi connectivity index (χ1v) is 5.06. The molecule has 1 heterocycles. The zero-order valence-corrected chi connectivity index (χ0v) is 9.54. The molecular weight excluding hydrogens is 241 g/mol. The maximum atomic E-state index is 10.6. The third kappa shape index (κ3) is 7.14. The zero-order valence-electron chi connectivity index (χ0n) is 9.54. The van der Waals surface area contributed by atoms with Gasteiger partial charge in [0.2, 0.25) is 0 Å². The molecule has 1 aliphatic heterocycles. The summed E-state index contributed by atoms with van der Waals surface area (Å²) in [7, 11) is 1.77. The Morgan fingerprint density at radius 1 is 1.59 bits per heavy atom. The molecule has 5 nitrogen and oxygen atoms in total. The minimum absolute atomic E-state index is 0.451. The highest BCUT2D eigenvalue weighted by molar-refractivity contribution is 5.73. The molecule has 0 aromatic rings. The van der Waals surface area contributed by atoms with E-state index in [4.69, 9.17) is 20.4 Å². The number of nitrogens with two attached hydrogens (primary N) is 1. The van der Waals surface area contributed by atoms with Gasteiger partial charge in [0.25, 0.3) is 0 Å². The van der Waals surface area contributed by atoms with Gasteiger partial charge in [-0.05, 0) is 6.42 Å². The molecule has 8 heteroatoms. The molecule has 1 rings (SSSR count). The SMILES string of the molecule is CO[C@H]1CCN(CCN)C1.O=C(O)C(F)(F)F. The normalized spacial score (nSPS) is 20.9. The van der Waals surface area contributed by atoms with Crippen LogP contribution in [-0.4, -0.2) is 61.5 Å². The summed E-state index contributed by atoms with van der Waals surface area (Å²) >= 11 is 0. The number of carboxylic acids is 1. The molecule has 0 aliphatic carbocycles. The van der Waals surface area contributed by atoms with Crippen molar-refractivity contribution in [2.24, 2.45) is 5.73 Å². The Morgan fingerprint density at radius 3 is 2.41 bits per heavy atom. The fourth-order valence-corrected chi connectivity index (χ4v) is 1.38. The Labute approximate surface area is 97.3 Å².